The molecule has 0 N–H and O–H groups in total. The monoisotopic (exact) mass is 192 g/mol. The van der Waals surface area contributed by atoms with Crippen molar-refractivity contribution in [2.24, 2.45) is 0 Å². The third-order valence-corrected chi connectivity index (χ3v) is 1.55. The second kappa shape index (κ2) is 7.25. The van der Waals surface area contributed by atoms with Gasteiger partial charge in [0.15, 0.2) is 0 Å². The number of unbranched alkanes of at least 4 members (excludes halogenated alkanes) is 1. The van der Waals surface area contributed by atoms with E-state index < -0.39 is 11.0 Å². The molecule has 3 nitrogen and oxygen atoms in total. The van der Waals surface area contributed by atoms with Gasteiger partial charge in [0.05, 0.1) is 6.61 Å². The van der Waals surface area contributed by atoms with Crippen LogP contribution in [0.25, 0.3) is 0 Å². The van der Waals surface area contributed by atoms with E-state index in [4.69, 9.17) is 16.3 Å². The van der Waals surface area contributed by atoms with Crippen LogP contribution in [0.5, 0.6) is 0 Å². The molecule has 12 heavy (non-hydrogen) atoms. The average Bonchev–Trinajstić information content (AvgIpc) is 2.03. The van der Waals surface area contributed by atoms with E-state index in [2.05, 4.69) is 6.92 Å². The van der Waals surface area contributed by atoms with Crippen LogP contribution in [0, 0.1) is 0 Å². The Kier molecular flexibility index (Phi) is 7.00. The van der Waals surface area contributed by atoms with Crippen molar-refractivity contribution < 1.29 is 14.3 Å². The summed E-state index contributed by atoms with van der Waals surface area (Å²) < 4.78 is 5.06. The number of ether oxygens (including phenoxy) is 1. The predicted molar refractivity (Wildman–Crippen MR) is 46.2 cm³/mol. The quantitative estimate of drug-likeness (QED) is 0.349. The number of hydrogen-bond acceptors (Lipinski definition) is 3. The highest BCUT2D eigenvalue weighted by atomic mass is 35.5. The maximum atomic E-state index is 10.6. The van der Waals surface area contributed by atoms with Crippen molar-refractivity contribution >= 4 is 22.6 Å². The Labute approximate surface area is 77.0 Å². The molecule has 0 aliphatic rings. The molecule has 4 heteroatoms. The fraction of sp³-hybridized carbons (Fsp3) is 0.750. The predicted octanol–water partition coefficient (Wildman–Crippen LogP) is 1.53. The van der Waals surface area contributed by atoms with Crippen molar-refractivity contribution in [1.82, 2.24) is 0 Å². The molecule has 0 atom stereocenters. The molecule has 0 bridgehead atoms. The SMILES string of the molecule is CCCCOCCC(=O)C(=O)Cl. The summed E-state index contributed by atoms with van der Waals surface area (Å²) in [6, 6.07) is 0. The third-order valence-electron chi connectivity index (χ3n) is 1.33. The topological polar surface area (TPSA) is 43.4 Å². The number of halogens is 1. The lowest BCUT2D eigenvalue weighted by Gasteiger charge is -1.99. The maximum absolute atomic E-state index is 10.6. The van der Waals surface area contributed by atoms with Crippen LogP contribution >= 0.6 is 11.6 Å². The highest BCUT2D eigenvalue weighted by molar-refractivity contribution is 6.81. The molecule has 0 aliphatic carbocycles. The zero-order valence-corrected chi connectivity index (χ0v) is 7.89. The van der Waals surface area contributed by atoms with Gasteiger partial charge in [-0.1, -0.05) is 13.3 Å². The van der Waals surface area contributed by atoms with Crippen LogP contribution in [0.4, 0.5) is 0 Å². The molecule has 0 aliphatic heterocycles. The number of hydrogen-bond donors (Lipinski definition) is 0. The Bertz CT molecular complexity index is 156. The molecule has 0 aromatic rings. The van der Waals surface area contributed by atoms with Gasteiger partial charge in [-0.3, -0.25) is 9.59 Å². The largest absolute Gasteiger partial charge is 0.381 e. The van der Waals surface area contributed by atoms with Crippen molar-refractivity contribution in [3.05, 3.63) is 0 Å². The van der Waals surface area contributed by atoms with Crippen molar-refractivity contribution in [2.75, 3.05) is 13.2 Å². The highest BCUT2D eigenvalue weighted by Crippen LogP contribution is 1.93. The van der Waals surface area contributed by atoms with Crippen LogP contribution < -0.4 is 0 Å². The second-order valence-corrected chi connectivity index (χ2v) is 2.76. The first-order valence-corrected chi connectivity index (χ1v) is 4.36. The van der Waals surface area contributed by atoms with E-state index in [1.165, 1.54) is 0 Å². The number of carbonyl (C=O) groups is 2. The number of Topliss-reactive ketones (excluding diaryl/α,β-unsaturated/α-hetero) is 1. The number of ketones is 1. The lowest BCUT2D eigenvalue weighted by atomic mass is 10.3. The normalized spacial score (nSPS) is 9.83. The Morgan fingerprint density at radius 2 is 2.00 bits per heavy atom. The van der Waals surface area contributed by atoms with Crippen LogP contribution in [0.15, 0.2) is 0 Å². The smallest absolute Gasteiger partial charge is 0.288 e. The molecule has 0 saturated heterocycles. The second-order valence-electron chi connectivity index (χ2n) is 2.41. The van der Waals surface area contributed by atoms with Gasteiger partial charge in [0.2, 0.25) is 5.78 Å². The summed E-state index contributed by atoms with van der Waals surface area (Å²) in [5.41, 5.74) is 0. The van der Waals surface area contributed by atoms with Gasteiger partial charge >= 0.3 is 0 Å². The molecule has 0 radical (unpaired) electrons. The van der Waals surface area contributed by atoms with E-state index in [-0.39, 0.29) is 13.0 Å². The van der Waals surface area contributed by atoms with E-state index in [0.717, 1.165) is 12.8 Å². The summed E-state index contributed by atoms with van der Waals surface area (Å²) in [6.07, 6.45) is 2.12. The summed E-state index contributed by atoms with van der Waals surface area (Å²) in [5.74, 6) is -0.576. The molecule has 0 unspecified atom stereocenters. The van der Waals surface area contributed by atoms with Crippen molar-refractivity contribution in [1.29, 1.82) is 0 Å². The van der Waals surface area contributed by atoms with E-state index in [9.17, 15) is 9.59 Å². The fourth-order valence-electron chi connectivity index (χ4n) is 0.612. The van der Waals surface area contributed by atoms with E-state index in [0.29, 0.717) is 6.61 Å². The summed E-state index contributed by atoms with van der Waals surface area (Å²) in [5, 5.41) is -0.908. The molecule has 0 aromatic heterocycles. The van der Waals surface area contributed by atoms with Crippen molar-refractivity contribution in [3.8, 4) is 0 Å². The molecule has 0 amide bonds. The number of rotatable bonds is 7. The minimum atomic E-state index is -0.908. The molecule has 0 rings (SSSR count). The molecule has 0 aromatic carbocycles. The van der Waals surface area contributed by atoms with Crippen molar-refractivity contribution in [3.63, 3.8) is 0 Å². The molecule has 0 spiro atoms. The number of carbonyl (C=O) groups excluding carboxylic acids is 2. The first-order chi connectivity index (χ1) is 5.68. The zero-order valence-electron chi connectivity index (χ0n) is 7.14. The molecular formula is C8H13ClO3. The summed E-state index contributed by atoms with van der Waals surface area (Å²) in [4.78, 5) is 20.8. The summed E-state index contributed by atoms with van der Waals surface area (Å²) in [6.45, 7) is 2.98. The van der Waals surface area contributed by atoms with Crippen LogP contribution in [-0.2, 0) is 14.3 Å². The van der Waals surface area contributed by atoms with Crippen LogP contribution in [0.3, 0.4) is 0 Å². The van der Waals surface area contributed by atoms with Gasteiger partial charge < -0.3 is 4.74 Å². The van der Waals surface area contributed by atoms with E-state index in [1.807, 2.05) is 0 Å². The lowest BCUT2D eigenvalue weighted by molar-refractivity contribution is -0.132. The first kappa shape index (κ1) is 11.6. The Morgan fingerprint density at radius 1 is 1.33 bits per heavy atom. The molecule has 0 saturated carbocycles. The molecule has 0 heterocycles. The van der Waals surface area contributed by atoms with E-state index >= 15 is 0 Å². The lowest BCUT2D eigenvalue weighted by Crippen LogP contribution is -2.10. The molecular weight excluding hydrogens is 180 g/mol. The minimum absolute atomic E-state index is 0.0893. The first-order valence-electron chi connectivity index (χ1n) is 3.99. The summed E-state index contributed by atoms with van der Waals surface area (Å²) >= 11 is 4.92. The minimum Gasteiger partial charge on any atom is -0.381 e. The highest BCUT2D eigenvalue weighted by Gasteiger charge is 2.08. The third kappa shape index (κ3) is 6.31. The van der Waals surface area contributed by atoms with Gasteiger partial charge in [0.25, 0.3) is 5.24 Å². The van der Waals surface area contributed by atoms with Gasteiger partial charge in [-0.05, 0) is 18.0 Å². The molecule has 70 valence electrons. The fourth-order valence-corrected chi connectivity index (χ4v) is 0.706. The zero-order chi connectivity index (χ0) is 9.40. The van der Waals surface area contributed by atoms with Crippen LogP contribution in [0.2, 0.25) is 0 Å². The van der Waals surface area contributed by atoms with Gasteiger partial charge in [-0.2, -0.15) is 0 Å². The van der Waals surface area contributed by atoms with Crippen LogP contribution in [0.1, 0.15) is 26.2 Å². The van der Waals surface area contributed by atoms with Gasteiger partial charge in [0.1, 0.15) is 0 Å². The Morgan fingerprint density at radius 3 is 2.50 bits per heavy atom. The standard InChI is InChI=1S/C8H13ClO3/c1-2-3-5-12-6-4-7(10)8(9)11/h2-6H2,1H3. The van der Waals surface area contributed by atoms with Gasteiger partial charge in [-0.15, -0.1) is 0 Å². The van der Waals surface area contributed by atoms with E-state index in [1.54, 1.807) is 0 Å². The van der Waals surface area contributed by atoms with Gasteiger partial charge in [0, 0.05) is 13.0 Å². The summed E-state index contributed by atoms with van der Waals surface area (Å²) in [7, 11) is 0. The Hall–Kier alpha value is -0.410. The van der Waals surface area contributed by atoms with Crippen LogP contribution in [-0.4, -0.2) is 24.2 Å². The van der Waals surface area contributed by atoms with Gasteiger partial charge in [-0.25, -0.2) is 0 Å². The molecule has 0 fully saturated rings. The average molecular weight is 193 g/mol. The van der Waals surface area contributed by atoms with Crippen molar-refractivity contribution in [2.45, 2.75) is 26.2 Å². The maximum Gasteiger partial charge on any atom is 0.288 e. The Balaban J connectivity index is 3.20.